The van der Waals surface area contributed by atoms with Crippen molar-refractivity contribution in [3.8, 4) is 0 Å². The Morgan fingerprint density at radius 3 is 2.14 bits per heavy atom. The molecule has 5 heteroatoms. The molecule has 152 valence electrons. The summed E-state index contributed by atoms with van der Waals surface area (Å²) in [6, 6.07) is 2.08. The van der Waals surface area contributed by atoms with Crippen molar-refractivity contribution in [3.63, 3.8) is 0 Å². The van der Waals surface area contributed by atoms with Gasteiger partial charge in [0.1, 0.15) is 11.6 Å². The molecule has 1 aliphatic heterocycles. The van der Waals surface area contributed by atoms with Gasteiger partial charge < -0.3 is 9.80 Å². The lowest BCUT2D eigenvalue weighted by atomic mass is 9.51. The molecule has 1 aromatic rings. The number of piperazine rings is 1. The molecule has 4 bridgehead atoms. The monoisotopic (exact) mass is 382 g/mol. The van der Waals surface area contributed by atoms with Crippen LogP contribution in [0.25, 0.3) is 0 Å². The zero-order valence-electron chi connectivity index (χ0n) is 17.6. The van der Waals surface area contributed by atoms with E-state index < -0.39 is 0 Å². The molecule has 0 atom stereocenters. The first-order valence-electron chi connectivity index (χ1n) is 11.4. The number of rotatable bonds is 3. The molecular weight excluding hydrogens is 348 g/mol. The highest BCUT2D eigenvalue weighted by molar-refractivity contribution is 5.80. The van der Waals surface area contributed by atoms with Crippen LogP contribution in [-0.4, -0.2) is 47.0 Å². The van der Waals surface area contributed by atoms with E-state index >= 15 is 0 Å². The molecule has 6 rings (SSSR count). The Labute approximate surface area is 168 Å². The first-order valence-corrected chi connectivity index (χ1v) is 11.4. The van der Waals surface area contributed by atoms with Gasteiger partial charge in [0.2, 0.25) is 5.91 Å². The molecule has 4 aliphatic carbocycles. The number of hydrogen-bond acceptors (Lipinski definition) is 4. The first-order chi connectivity index (χ1) is 13.5. The Morgan fingerprint density at radius 1 is 0.964 bits per heavy atom. The van der Waals surface area contributed by atoms with Crippen LogP contribution in [0.5, 0.6) is 0 Å². The third-order valence-electron chi connectivity index (χ3n) is 7.80. The molecule has 1 saturated heterocycles. The molecule has 1 amide bonds. The molecule has 0 radical (unpaired) electrons. The van der Waals surface area contributed by atoms with E-state index in [0.29, 0.717) is 29.6 Å². The second-order valence-corrected chi connectivity index (χ2v) is 10.1. The Morgan fingerprint density at radius 2 is 1.57 bits per heavy atom. The lowest BCUT2D eigenvalue weighted by molar-refractivity contribution is -0.149. The summed E-state index contributed by atoms with van der Waals surface area (Å²) in [7, 11) is 0. The van der Waals surface area contributed by atoms with Crippen molar-refractivity contribution in [2.24, 2.45) is 29.6 Å². The molecular formula is C23H34N4O. The highest BCUT2D eigenvalue weighted by atomic mass is 16.2. The fraction of sp³-hybridized carbons (Fsp3) is 0.783. The summed E-state index contributed by atoms with van der Waals surface area (Å²) in [6.07, 6.45) is 6.73. The van der Waals surface area contributed by atoms with Crippen molar-refractivity contribution in [2.75, 3.05) is 31.1 Å². The molecule has 0 N–H and O–H groups in total. The van der Waals surface area contributed by atoms with Gasteiger partial charge in [0.15, 0.2) is 0 Å². The van der Waals surface area contributed by atoms with Gasteiger partial charge in [0, 0.05) is 49.8 Å². The van der Waals surface area contributed by atoms with Crippen molar-refractivity contribution in [1.29, 1.82) is 0 Å². The fourth-order valence-corrected chi connectivity index (χ4v) is 6.69. The average Bonchev–Trinajstić information content (AvgIpc) is 2.66. The van der Waals surface area contributed by atoms with Gasteiger partial charge in [-0.15, -0.1) is 0 Å². The lowest BCUT2D eigenvalue weighted by Crippen LogP contribution is -2.56. The maximum Gasteiger partial charge on any atom is 0.226 e. The van der Waals surface area contributed by atoms with Crippen molar-refractivity contribution in [3.05, 3.63) is 17.6 Å². The molecule has 0 aromatic carbocycles. The molecule has 5 aliphatic rings. The van der Waals surface area contributed by atoms with Gasteiger partial charge in [0.05, 0.1) is 0 Å². The summed E-state index contributed by atoms with van der Waals surface area (Å²) >= 11 is 0. The number of carbonyl (C=O) groups is 1. The van der Waals surface area contributed by atoms with Crippen molar-refractivity contribution < 1.29 is 4.79 Å². The summed E-state index contributed by atoms with van der Waals surface area (Å²) in [6.45, 7) is 9.76. The van der Waals surface area contributed by atoms with Gasteiger partial charge >= 0.3 is 0 Å². The smallest absolute Gasteiger partial charge is 0.226 e. The number of anilines is 1. The van der Waals surface area contributed by atoms with Crippen LogP contribution in [0.15, 0.2) is 6.07 Å². The number of carbonyl (C=O) groups excluding carboxylic acids is 1. The normalized spacial score (nSPS) is 34.4. The minimum Gasteiger partial charge on any atom is -0.353 e. The topological polar surface area (TPSA) is 49.3 Å². The van der Waals surface area contributed by atoms with Crippen LogP contribution in [0.1, 0.15) is 63.4 Å². The molecule has 2 heterocycles. The van der Waals surface area contributed by atoms with Crippen molar-refractivity contribution in [2.45, 2.75) is 58.8 Å². The van der Waals surface area contributed by atoms with Gasteiger partial charge in [-0.3, -0.25) is 4.79 Å². The van der Waals surface area contributed by atoms with E-state index in [0.717, 1.165) is 55.4 Å². The third kappa shape index (κ3) is 3.21. The molecule has 4 saturated carbocycles. The van der Waals surface area contributed by atoms with Crippen LogP contribution in [0.2, 0.25) is 0 Å². The minimum atomic E-state index is 0.327. The number of amides is 1. The SMILES string of the molecule is Cc1cc(N2CCN(C(=O)C3C4CC5CC(C4)CC3C5)CC2)nc(C(C)C)n1. The zero-order valence-corrected chi connectivity index (χ0v) is 17.6. The second kappa shape index (κ2) is 7.00. The van der Waals surface area contributed by atoms with Gasteiger partial charge in [-0.05, 0) is 62.7 Å². The Bertz CT molecular complexity index is 725. The lowest BCUT2D eigenvalue weighted by Gasteiger charge is -2.54. The van der Waals surface area contributed by atoms with E-state index in [9.17, 15) is 4.79 Å². The van der Waals surface area contributed by atoms with Gasteiger partial charge in [-0.2, -0.15) is 0 Å². The average molecular weight is 383 g/mol. The summed E-state index contributed by atoms with van der Waals surface area (Å²) in [4.78, 5) is 27.3. The second-order valence-electron chi connectivity index (χ2n) is 10.1. The fourth-order valence-electron chi connectivity index (χ4n) is 6.69. The van der Waals surface area contributed by atoms with Crippen LogP contribution in [0.3, 0.4) is 0 Å². The van der Waals surface area contributed by atoms with E-state index in [4.69, 9.17) is 4.98 Å². The molecule has 5 nitrogen and oxygen atoms in total. The Kier molecular flexibility index (Phi) is 4.59. The number of hydrogen-bond donors (Lipinski definition) is 0. The van der Waals surface area contributed by atoms with Gasteiger partial charge in [-0.25, -0.2) is 9.97 Å². The predicted octanol–water partition coefficient (Wildman–Crippen LogP) is 3.63. The zero-order chi connectivity index (χ0) is 19.4. The number of nitrogens with zero attached hydrogens (tertiary/aromatic N) is 4. The van der Waals surface area contributed by atoms with Crippen LogP contribution in [0.4, 0.5) is 5.82 Å². The molecule has 5 fully saturated rings. The predicted molar refractivity (Wildman–Crippen MR) is 110 cm³/mol. The summed E-state index contributed by atoms with van der Waals surface area (Å²) in [5.74, 6) is 6.29. The maximum atomic E-state index is 13.4. The molecule has 0 spiro atoms. The summed E-state index contributed by atoms with van der Waals surface area (Å²) < 4.78 is 0. The molecule has 1 aromatic heterocycles. The maximum absolute atomic E-state index is 13.4. The number of aryl methyl sites for hydroxylation is 1. The third-order valence-corrected chi connectivity index (χ3v) is 7.80. The summed E-state index contributed by atoms with van der Waals surface area (Å²) in [5, 5.41) is 0. The van der Waals surface area contributed by atoms with Crippen LogP contribution >= 0.6 is 0 Å². The van der Waals surface area contributed by atoms with E-state index in [-0.39, 0.29) is 0 Å². The highest BCUT2D eigenvalue weighted by Crippen LogP contribution is 2.56. The van der Waals surface area contributed by atoms with E-state index in [1.165, 1.54) is 32.1 Å². The van der Waals surface area contributed by atoms with Crippen LogP contribution in [0, 0.1) is 36.5 Å². The quantitative estimate of drug-likeness (QED) is 0.801. The highest BCUT2D eigenvalue weighted by Gasteiger charge is 2.51. The van der Waals surface area contributed by atoms with Gasteiger partial charge in [0.25, 0.3) is 0 Å². The van der Waals surface area contributed by atoms with Crippen LogP contribution < -0.4 is 4.90 Å². The van der Waals surface area contributed by atoms with E-state index in [1.54, 1.807) is 0 Å². The molecule has 28 heavy (non-hydrogen) atoms. The van der Waals surface area contributed by atoms with E-state index in [2.05, 4.69) is 34.7 Å². The van der Waals surface area contributed by atoms with E-state index in [1.807, 2.05) is 6.92 Å². The standard InChI is InChI=1S/C23H34N4O/c1-14(2)22-24-15(3)8-20(25-22)26-4-6-27(7-5-26)23(28)21-18-10-16-9-17(12-18)13-19(21)11-16/h8,14,16-19,21H,4-7,9-13H2,1-3H3. The van der Waals surface area contributed by atoms with Crippen molar-refractivity contribution >= 4 is 11.7 Å². The Balaban J connectivity index is 1.25. The first kappa shape index (κ1) is 18.4. The van der Waals surface area contributed by atoms with Crippen LogP contribution in [-0.2, 0) is 4.79 Å². The molecule has 0 unspecified atom stereocenters. The van der Waals surface area contributed by atoms with Crippen molar-refractivity contribution in [1.82, 2.24) is 14.9 Å². The minimum absolute atomic E-state index is 0.327. The Hall–Kier alpha value is -1.65. The number of aromatic nitrogens is 2. The summed E-state index contributed by atoms with van der Waals surface area (Å²) in [5.41, 5.74) is 1.03. The van der Waals surface area contributed by atoms with Gasteiger partial charge in [-0.1, -0.05) is 13.8 Å². The largest absolute Gasteiger partial charge is 0.353 e.